The fourth-order valence-electron chi connectivity index (χ4n) is 2.42. The van der Waals surface area contributed by atoms with Gasteiger partial charge in [0.05, 0.1) is 12.1 Å². The van der Waals surface area contributed by atoms with Crippen molar-refractivity contribution in [3.8, 4) is 0 Å². The predicted molar refractivity (Wildman–Crippen MR) is 97.4 cm³/mol. The maximum absolute atomic E-state index is 12.7. The minimum atomic E-state index is -0.0710. The van der Waals surface area contributed by atoms with E-state index in [-0.39, 0.29) is 5.91 Å². The van der Waals surface area contributed by atoms with Crippen LogP contribution >= 0.6 is 11.8 Å². The molecule has 25 heavy (non-hydrogen) atoms. The number of carbonyl (C=O) groups is 1. The van der Waals surface area contributed by atoms with Crippen molar-refractivity contribution >= 4 is 17.7 Å². The van der Waals surface area contributed by atoms with Crippen LogP contribution in [0.4, 0.5) is 0 Å². The summed E-state index contributed by atoms with van der Waals surface area (Å²) in [5.41, 5.74) is 2.62. The van der Waals surface area contributed by atoms with Crippen molar-refractivity contribution in [1.29, 1.82) is 0 Å². The van der Waals surface area contributed by atoms with Crippen LogP contribution in [0.5, 0.6) is 0 Å². The Morgan fingerprint density at radius 3 is 2.76 bits per heavy atom. The summed E-state index contributed by atoms with van der Waals surface area (Å²) < 4.78 is 4.82. The molecule has 6 heteroatoms. The summed E-state index contributed by atoms with van der Waals surface area (Å²) in [4.78, 5) is 18.8. The van der Waals surface area contributed by atoms with Gasteiger partial charge in [-0.3, -0.25) is 4.79 Å². The molecule has 2 heterocycles. The standard InChI is InChI=1S/C19H19N3O2S/c1-22(14-16-9-12-24-21-16)19(23)17-8-5-11-20-18(17)25-13-10-15-6-3-2-4-7-15/h2-9,11-12H,10,13-14H2,1H3. The fraction of sp³-hybridized carbons (Fsp3) is 0.211. The summed E-state index contributed by atoms with van der Waals surface area (Å²) in [6, 6.07) is 15.7. The molecule has 0 saturated heterocycles. The maximum atomic E-state index is 12.7. The zero-order valence-corrected chi connectivity index (χ0v) is 14.8. The van der Waals surface area contributed by atoms with Crippen LogP contribution in [0.3, 0.4) is 0 Å². The van der Waals surface area contributed by atoms with Crippen molar-refractivity contribution in [2.24, 2.45) is 0 Å². The average Bonchev–Trinajstić information content (AvgIpc) is 3.15. The van der Waals surface area contributed by atoms with Crippen molar-refractivity contribution in [3.05, 3.63) is 77.8 Å². The number of nitrogens with zero attached hydrogens (tertiary/aromatic N) is 3. The first-order valence-corrected chi connectivity index (χ1v) is 8.99. The molecule has 0 aliphatic heterocycles. The topological polar surface area (TPSA) is 59.2 Å². The molecule has 3 rings (SSSR count). The highest BCUT2D eigenvalue weighted by Crippen LogP contribution is 2.22. The molecule has 2 aromatic heterocycles. The summed E-state index contributed by atoms with van der Waals surface area (Å²) in [7, 11) is 1.75. The molecular weight excluding hydrogens is 334 g/mol. The second-order valence-corrected chi connectivity index (χ2v) is 6.68. The van der Waals surface area contributed by atoms with Gasteiger partial charge in [0, 0.05) is 25.1 Å². The van der Waals surface area contributed by atoms with E-state index in [9.17, 15) is 4.79 Å². The third kappa shape index (κ3) is 4.70. The first-order chi connectivity index (χ1) is 12.2. The van der Waals surface area contributed by atoms with Crippen LogP contribution in [0.25, 0.3) is 0 Å². The fourth-order valence-corrected chi connectivity index (χ4v) is 3.40. The molecule has 1 aromatic carbocycles. The molecule has 128 valence electrons. The Bertz CT molecular complexity index is 807. The Hall–Kier alpha value is -2.60. The van der Waals surface area contributed by atoms with Gasteiger partial charge in [-0.1, -0.05) is 35.5 Å². The Morgan fingerprint density at radius 1 is 1.16 bits per heavy atom. The van der Waals surface area contributed by atoms with Crippen molar-refractivity contribution in [3.63, 3.8) is 0 Å². The third-order valence-corrected chi connectivity index (χ3v) is 4.72. The number of pyridine rings is 1. The second kappa shape index (κ2) is 8.48. The summed E-state index contributed by atoms with van der Waals surface area (Å²) in [6.45, 7) is 0.401. The van der Waals surface area contributed by atoms with Crippen LogP contribution in [0.15, 0.2) is 70.5 Å². The molecule has 0 aliphatic carbocycles. The monoisotopic (exact) mass is 353 g/mol. The average molecular weight is 353 g/mol. The first-order valence-electron chi connectivity index (χ1n) is 8.00. The Morgan fingerprint density at radius 2 is 2.00 bits per heavy atom. The minimum Gasteiger partial charge on any atom is -0.364 e. The molecular formula is C19H19N3O2S. The highest BCUT2D eigenvalue weighted by molar-refractivity contribution is 7.99. The molecule has 0 bridgehead atoms. The van der Waals surface area contributed by atoms with Gasteiger partial charge in [-0.2, -0.15) is 0 Å². The maximum Gasteiger partial charge on any atom is 0.256 e. The van der Waals surface area contributed by atoms with E-state index in [0.29, 0.717) is 12.1 Å². The lowest BCUT2D eigenvalue weighted by Gasteiger charge is -2.17. The Labute approximate surface area is 151 Å². The lowest BCUT2D eigenvalue weighted by atomic mass is 10.2. The Balaban J connectivity index is 1.64. The second-order valence-electron chi connectivity index (χ2n) is 5.59. The molecule has 3 aromatic rings. The largest absolute Gasteiger partial charge is 0.364 e. The van der Waals surface area contributed by atoms with Gasteiger partial charge < -0.3 is 9.42 Å². The van der Waals surface area contributed by atoms with E-state index >= 15 is 0 Å². The van der Waals surface area contributed by atoms with Crippen molar-refractivity contribution in [2.75, 3.05) is 12.8 Å². The van der Waals surface area contributed by atoms with Crippen LogP contribution in [0, 0.1) is 0 Å². The third-order valence-electron chi connectivity index (χ3n) is 3.71. The van der Waals surface area contributed by atoms with Crippen LogP contribution in [-0.2, 0) is 13.0 Å². The summed E-state index contributed by atoms with van der Waals surface area (Å²) in [5.74, 6) is 0.798. The number of amides is 1. The number of aromatic nitrogens is 2. The van der Waals surface area contributed by atoms with Crippen molar-refractivity contribution < 1.29 is 9.32 Å². The van der Waals surface area contributed by atoms with Gasteiger partial charge in [0.2, 0.25) is 0 Å². The van der Waals surface area contributed by atoms with Crippen LogP contribution in [-0.4, -0.2) is 33.7 Å². The van der Waals surface area contributed by atoms with E-state index in [1.807, 2.05) is 24.3 Å². The highest BCUT2D eigenvalue weighted by atomic mass is 32.2. The van der Waals surface area contributed by atoms with Crippen LogP contribution in [0.1, 0.15) is 21.6 Å². The molecule has 0 fully saturated rings. The molecule has 0 N–H and O–H groups in total. The summed E-state index contributed by atoms with van der Waals surface area (Å²) in [6.07, 6.45) is 4.16. The van der Waals surface area contributed by atoms with Crippen LogP contribution < -0.4 is 0 Å². The molecule has 1 amide bonds. The summed E-state index contributed by atoms with van der Waals surface area (Å²) >= 11 is 1.60. The normalized spacial score (nSPS) is 10.6. The molecule has 5 nitrogen and oxygen atoms in total. The van der Waals surface area contributed by atoms with Gasteiger partial charge in [-0.15, -0.1) is 11.8 Å². The van der Waals surface area contributed by atoms with Gasteiger partial charge in [-0.05, 0) is 24.1 Å². The van der Waals surface area contributed by atoms with E-state index in [4.69, 9.17) is 4.52 Å². The smallest absolute Gasteiger partial charge is 0.256 e. The van der Waals surface area contributed by atoms with E-state index in [1.165, 1.54) is 11.8 Å². The van der Waals surface area contributed by atoms with Gasteiger partial charge >= 0.3 is 0 Å². The molecule has 0 saturated carbocycles. The highest BCUT2D eigenvalue weighted by Gasteiger charge is 2.17. The quantitative estimate of drug-likeness (QED) is 0.607. The van der Waals surface area contributed by atoms with Gasteiger partial charge in [-0.25, -0.2) is 4.98 Å². The van der Waals surface area contributed by atoms with E-state index in [0.717, 1.165) is 22.9 Å². The number of hydrogen-bond donors (Lipinski definition) is 0. The SMILES string of the molecule is CN(Cc1ccon1)C(=O)c1cccnc1SCCc1ccccc1. The van der Waals surface area contributed by atoms with Gasteiger partial charge in [0.15, 0.2) is 0 Å². The Kier molecular flexibility index (Phi) is 5.85. The predicted octanol–water partition coefficient (Wildman–Crippen LogP) is 3.68. The minimum absolute atomic E-state index is 0.0710. The number of benzene rings is 1. The lowest BCUT2D eigenvalue weighted by Crippen LogP contribution is -2.27. The number of hydrogen-bond acceptors (Lipinski definition) is 5. The molecule has 0 unspecified atom stereocenters. The van der Waals surface area contributed by atoms with Gasteiger partial charge in [0.25, 0.3) is 5.91 Å². The lowest BCUT2D eigenvalue weighted by molar-refractivity contribution is 0.0778. The number of aryl methyl sites for hydroxylation is 1. The van der Waals surface area contributed by atoms with Crippen molar-refractivity contribution in [2.45, 2.75) is 18.0 Å². The summed E-state index contributed by atoms with van der Waals surface area (Å²) in [5, 5.41) is 4.61. The van der Waals surface area contributed by atoms with Crippen molar-refractivity contribution in [1.82, 2.24) is 15.0 Å². The first kappa shape index (κ1) is 17.2. The van der Waals surface area contributed by atoms with E-state index in [2.05, 4.69) is 22.3 Å². The zero-order chi connectivity index (χ0) is 17.5. The number of thioether (sulfide) groups is 1. The molecule has 0 aliphatic rings. The van der Waals surface area contributed by atoms with E-state index in [1.54, 1.807) is 42.0 Å². The molecule has 0 radical (unpaired) electrons. The number of rotatable bonds is 7. The molecule has 0 atom stereocenters. The van der Waals surface area contributed by atoms with E-state index < -0.39 is 0 Å². The zero-order valence-electron chi connectivity index (χ0n) is 14.0. The van der Waals surface area contributed by atoms with Gasteiger partial charge in [0.1, 0.15) is 17.0 Å². The number of carbonyl (C=O) groups excluding carboxylic acids is 1. The molecule has 0 spiro atoms. The van der Waals surface area contributed by atoms with Crippen LogP contribution in [0.2, 0.25) is 0 Å².